The van der Waals surface area contributed by atoms with E-state index in [9.17, 15) is 0 Å². The summed E-state index contributed by atoms with van der Waals surface area (Å²) in [5.74, 6) is 1.01. The molecule has 100 valence electrons. The van der Waals surface area contributed by atoms with Crippen LogP contribution in [-0.4, -0.2) is 26.1 Å². The molecule has 0 unspecified atom stereocenters. The second-order valence-corrected chi connectivity index (χ2v) is 5.13. The standard InChI is InChI=1S/C15H15N5/c1-19-14-5-3-2-4-13(14)18-15(19)20-7-6-12-11(9-20)8-16-10-17-12/h2-5,8,10H,6-7,9H2,1H3. The first-order valence-electron chi connectivity index (χ1n) is 6.77. The summed E-state index contributed by atoms with van der Waals surface area (Å²) in [6.45, 7) is 1.77. The first kappa shape index (κ1) is 11.4. The molecule has 3 heterocycles. The Morgan fingerprint density at radius 2 is 2.10 bits per heavy atom. The molecule has 2 aromatic heterocycles. The van der Waals surface area contributed by atoms with Crippen molar-refractivity contribution in [3.63, 3.8) is 0 Å². The summed E-state index contributed by atoms with van der Waals surface area (Å²) >= 11 is 0. The number of fused-ring (bicyclic) bond motifs is 2. The summed E-state index contributed by atoms with van der Waals surface area (Å²) in [4.78, 5) is 15.5. The SMILES string of the molecule is Cn1c(N2CCc3ncncc3C2)nc2ccccc21. The molecule has 0 saturated carbocycles. The normalized spacial score (nSPS) is 14.6. The van der Waals surface area contributed by atoms with E-state index < -0.39 is 0 Å². The minimum absolute atomic E-state index is 0.827. The van der Waals surface area contributed by atoms with Crippen molar-refractivity contribution in [2.75, 3.05) is 11.4 Å². The molecule has 0 amide bonds. The van der Waals surface area contributed by atoms with Gasteiger partial charge in [0.25, 0.3) is 0 Å². The van der Waals surface area contributed by atoms with Gasteiger partial charge in [0.2, 0.25) is 5.95 Å². The van der Waals surface area contributed by atoms with Crippen LogP contribution in [0.5, 0.6) is 0 Å². The van der Waals surface area contributed by atoms with Gasteiger partial charge >= 0.3 is 0 Å². The largest absolute Gasteiger partial charge is 0.337 e. The van der Waals surface area contributed by atoms with Crippen LogP contribution >= 0.6 is 0 Å². The number of para-hydroxylation sites is 2. The summed E-state index contributed by atoms with van der Waals surface area (Å²) < 4.78 is 2.16. The van der Waals surface area contributed by atoms with Crippen LogP contribution in [0, 0.1) is 0 Å². The Bertz CT molecular complexity index is 777. The van der Waals surface area contributed by atoms with Crippen molar-refractivity contribution in [1.29, 1.82) is 0 Å². The van der Waals surface area contributed by atoms with E-state index in [0.717, 1.165) is 42.2 Å². The highest BCUT2D eigenvalue weighted by molar-refractivity contribution is 5.78. The van der Waals surface area contributed by atoms with Gasteiger partial charge in [-0.15, -0.1) is 0 Å². The zero-order valence-corrected chi connectivity index (χ0v) is 11.3. The Kier molecular flexibility index (Phi) is 2.45. The molecule has 1 aromatic carbocycles. The highest BCUT2D eigenvalue weighted by Gasteiger charge is 2.21. The maximum atomic E-state index is 4.76. The van der Waals surface area contributed by atoms with E-state index in [2.05, 4.69) is 38.6 Å². The third-order valence-electron chi connectivity index (χ3n) is 3.91. The molecular formula is C15H15N5. The Hall–Kier alpha value is -2.43. The lowest BCUT2D eigenvalue weighted by molar-refractivity contribution is 0.673. The molecule has 0 spiro atoms. The molecule has 20 heavy (non-hydrogen) atoms. The first-order valence-corrected chi connectivity index (χ1v) is 6.77. The number of hydrogen-bond acceptors (Lipinski definition) is 4. The van der Waals surface area contributed by atoms with Crippen LogP contribution in [0.4, 0.5) is 5.95 Å². The van der Waals surface area contributed by atoms with Crippen LogP contribution in [0.15, 0.2) is 36.8 Å². The number of aromatic nitrogens is 4. The highest BCUT2D eigenvalue weighted by Crippen LogP contribution is 2.25. The summed E-state index contributed by atoms with van der Waals surface area (Å²) in [6, 6.07) is 8.23. The maximum absolute atomic E-state index is 4.76. The number of rotatable bonds is 1. The molecule has 5 heteroatoms. The molecule has 1 aliphatic rings. The zero-order valence-electron chi connectivity index (χ0n) is 11.3. The number of benzene rings is 1. The Labute approximate surface area is 116 Å². The lowest BCUT2D eigenvalue weighted by Gasteiger charge is -2.28. The van der Waals surface area contributed by atoms with E-state index >= 15 is 0 Å². The van der Waals surface area contributed by atoms with Gasteiger partial charge < -0.3 is 9.47 Å². The fourth-order valence-corrected chi connectivity index (χ4v) is 2.85. The Morgan fingerprint density at radius 3 is 3.00 bits per heavy atom. The van der Waals surface area contributed by atoms with Crippen LogP contribution in [0.2, 0.25) is 0 Å². The molecule has 0 aliphatic carbocycles. The van der Waals surface area contributed by atoms with Crippen molar-refractivity contribution in [1.82, 2.24) is 19.5 Å². The second-order valence-electron chi connectivity index (χ2n) is 5.13. The van der Waals surface area contributed by atoms with Crippen molar-refractivity contribution in [2.24, 2.45) is 7.05 Å². The fourth-order valence-electron chi connectivity index (χ4n) is 2.85. The quantitative estimate of drug-likeness (QED) is 0.674. The van der Waals surface area contributed by atoms with Gasteiger partial charge in [-0.25, -0.2) is 15.0 Å². The number of anilines is 1. The summed E-state index contributed by atoms with van der Waals surface area (Å²) in [7, 11) is 2.07. The summed E-state index contributed by atoms with van der Waals surface area (Å²) in [5, 5.41) is 0. The van der Waals surface area contributed by atoms with Crippen molar-refractivity contribution in [3.8, 4) is 0 Å². The number of hydrogen-bond donors (Lipinski definition) is 0. The number of imidazole rings is 1. The van der Waals surface area contributed by atoms with Crippen molar-refractivity contribution < 1.29 is 0 Å². The third-order valence-corrected chi connectivity index (χ3v) is 3.91. The van der Waals surface area contributed by atoms with Crippen LogP contribution in [-0.2, 0) is 20.0 Å². The van der Waals surface area contributed by atoms with E-state index in [1.54, 1.807) is 6.33 Å². The third kappa shape index (κ3) is 1.66. The minimum Gasteiger partial charge on any atom is -0.337 e. The van der Waals surface area contributed by atoms with Gasteiger partial charge in [-0.1, -0.05) is 12.1 Å². The van der Waals surface area contributed by atoms with Gasteiger partial charge in [0.15, 0.2) is 0 Å². The minimum atomic E-state index is 0.827. The molecule has 0 saturated heterocycles. The van der Waals surface area contributed by atoms with Gasteiger partial charge in [-0.3, -0.25) is 0 Å². The lowest BCUT2D eigenvalue weighted by atomic mass is 10.1. The topological polar surface area (TPSA) is 46.8 Å². The van der Waals surface area contributed by atoms with Crippen LogP contribution in [0.3, 0.4) is 0 Å². The van der Waals surface area contributed by atoms with Gasteiger partial charge in [0, 0.05) is 38.3 Å². The fraction of sp³-hybridized carbons (Fsp3) is 0.267. The van der Waals surface area contributed by atoms with Gasteiger partial charge in [-0.2, -0.15) is 0 Å². The molecule has 3 aromatic rings. The van der Waals surface area contributed by atoms with Crippen molar-refractivity contribution in [3.05, 3.63) is 48.0 Å². The summed E-state index contributed by atoms with van der Waals surface area (Å²) in [6.07, 6.45) is 4.49. The summed E-state index contributed by atoms with van der Waals surface area (Å²) in [5.41, 5.74) is 4.57. The monoisotopic (exact) mass is 265 g/mol. The van der Waals surface area contributed by atoms with Gasteiger partial charge in [-0.05, 0) is 12.1 Å². The van der Waals surface area contributed by atoms with E-state index in [1.807, 2.05) is 18.3 Å². The van der Waals surface area contributed by atoms with Gasteiger partial charge in [0.1, 0.15) is 6.33 Å². The lowest BCUT2D eigenvalue weighted by Crippen LogP contribution is -2.32. The smallest absolute Gasteiger partial charge is 0.206 e. The molecular weight excluding hydrogens is 250 g/mol. The van der Waals surface area contributed by atoms with Crippen molar-refractivity contribution >= 4 is 17.0 Å². The Morgan fingerprint density at radius 1 is 1.20 bits per heavy atom. The number of nitrogens with zero attached hydrogens (tertiary/aromatic N) is 5. The number of aryl methyl sites for hydroxylation is 1. The van der Waals surface area contributed by atoms with E-state index in [-0.39, 0.29) is 0 Å². The molecule has 1 aliphatic heterocycles. The highest BCUT2D eigenvalue weighted by atomic mass is 15.3. The average molecular weight is 265 g/mol. The molecule has 0 bridgehead atoms. The first-order chi connectivity index (χ1) is 9.83. The predicted octanol–water partition coefficient (Wildman–Crippen LogP) is 1.93. The van der Waals surface area contributed by atoms with Crippen LogP contribution < -0.4 is 4.90 Å². The predicted molar refractivity (Wildman–Crippen MR) is 77.5 cm³/mol. The second kappa shape index (κ2) is 4.30. The molecule has 0 fully saturated rings. The molecule has 5 nitrogen and oxygen atoms in total. The average Bonchev–Trinajstić information content (AvgIpc) is 2.84. The van der Waals surface area contributed by atoms with Crippen LogP contribution in [0.25, 0.3) is 11.0 Å². The van der Waals surface area contributed by atoms with Crippen LogP contribution in [0.1, 0.15) is 11.3 Å². The van der Waals surface area contributed by atoms with E-state index in [1.165, 1.54) is 5.56 Å². The molecule has 0 atom stereocenters. The molecule has 4 rings (SSSR count). The maximum Gasteiger partial charge on any atom is 0.206 e. The van der Waals surface area contributed by atoms with Gasteiger partial charge in [0.05, 0.1) is 16.7 Å². The van der Waals surface area contributed by atoms with Crippen molar-refractivity contribution in [2.45, 2.75) is 13.0 Å². The molecule has 0 N–H and O–H groups in total. The Balaban J connectivity index is 1.76. The van der Waals surface area contributed by atoms with E-state index in [0.29, 0.717) is 0 Å². The zero-order chi connectivity index (χ0) is 13.5. The van der Waals surface area contributed by atoms with E-state index in [4.69, 9.17) is 4.98 Å². The molecule has 0 radical (unpaired) electrons.